The van der Waals surface area contributed by atoms with E-state index in [9.17, 15) is 5.11 Å². The Morgan fingerprint density at radius 1 is 1.21 bits per heavy atom. The van der Waals surface area contributed by atoms with Crippen molar-refractivity contribution >= 4 is 5.82 Å². The third-order valence-corrected chi connectivity index (χ3v) is 2.71. The van der Waals surface area contributed by atoms with Gasteiger partial charge in [0.25, 0.3) is 0 Å². The van der Waals surface area contributed by atoms with Crippen molar-refractivity contribution in [2.75, 3.05) is 5.32 Å². The number of aliphatic hydroxyl groups is 1. The van der Waals surface area contributed by atoms with Crippen LogP contribution in [-0.2, 0) is 0 Å². The summed E-state index contributed by atoms with van der Waals surface area (Å²) in [6, 6.07) is 5.67. The molecule has 0 radical (unpaired) electrons. The first-order chi connectivity index (χ1) is 6.79. The molecule has 3 heteroatoms. The Balaban J connectivity index is 2.02. The highest BCUT2D eigenvalue weighted by Gasteiger charge is 2.28. The minimum atomic E-state index is -0.730. The van der Waals surface area contributed by atoms with Gasteiger partial charge in [0.15, 0.2) is 0 Å². The number of hydrogen-bond acceptors (Lipinski definition) is 3. The van der Waals surface area contributed by atoms with Gasteiger partial charge in [0.2, 0.25) is 0 Å². The smallest absolute Gasteiger partial charge is 0.136 e. The Hall–Kier alpha value is -1.09. The standard InChI is InChI=1S/C11H16N2O/c14-11(7-3-1-4-8-11)13-10-6-2-5-9-12-10/h2,5-6,9,14H,1,3-4,7-8H2,(H,12,13). The molecule has 0 bridgehead atoms. The molecule has 0 spiro atoms. The molecule has 0 unspecified atom stereocenters. The third kappa shape index (κ3) is 2.23. The fourth-order valence-corrected chi connectivity index (χ4v) is 1.94. The fraction of sp³-hybridized carbons (Fsp3) is 0.545. The quantitative estimate of drug-likeness (QED) is 0.706. The SMILES string of the molecule is OC1(Nc2ccccn2)CCCCC1. The molecule has 1 heterocycles. The van der Waals surface area contributed by atoms with Crippen LogP contribution in [0.4, 0.5) is 5.82 Å². The van der Waals surface area contributed by atoms with Crippen LogP contribution >= 0.6 is 0 Å². The van der Waals surface area contributed by atoms with Crippen LogP contribution in [0.1, 0.15) is 32.1 Å². The Morgan fingerprint density at radius 3 is 2.64 bits per heavy atom. The molecular formula is C11H16N2O. The molecule has 1 aliphatic carbocycles. The second-order valence-corrected chi connectivity index (χ2v) is 3.93. The highest BCUT2D eigenvalue weighted by Crippen LogP contribution is 2.28. The lowest BCUT2D eigenvalue weighted by molar-refractivity contribution is 0.0313. The first-order valence-electron chi connectivity index (χ1n) is 5.20. The third-order valence-electron chi connectivity index (χ3n) is 2.71. The summed E-state index contributed by atoms with van der Waals surface area (Å²) < 4.78 is 0. The summed E-state index contributed by atoms with van der Waals surface area (Å²) in [6.07, 6.45) is 6.79. The molecular weight excluding hydrogens is 176 g/mol. The van der Waals surface area contributed by atoms with Crippen LogP contribution in [0.5, 0.6) is 0 Å². The van der Waals surface area contributed by atoms with Crippen molar-refractivity contribution < 1.29 is 5.11 Å². The maximum absolute atomic E-state index is 10.2. The van der Waals surface area contributed by atoms with Crippen molar-refractivity contribution in [3.63, 3.8) is 0 Å². The van der Waals surface area contributed by atoms with Crippen molar-refractivity contribution in [1.82, 2.24) is 4.98 Å². The number of aromatic nitrogens is 1. The Bertz CT molecular complexity index is 281. The minimum absolute atomic E-state index is 0.730. The highest BCUT2D eigenvalue weighted by atomic mass is 16.3. The van der Waals surface area contributed by atoms with E-state index in [2.05, 4.69) is 10.3 Å². The van der Waals surface area contributed by atoms with Crippen LogP contribution in [0.3, 0.4) is 0 Å². The van der Waals surface area contributed by atoms with E-state index in [4.69, 9.17) is 0 Å². The number of anilines is 1. The van der Waals surface area contributed by atoms with E-state index in [1.165, 1.54) is 6.42 Å². The van der Waals surface area contributed by atoms with Gasteiger partial charge in [-0.2, -0.15) is 0 Å². The van der Waals surface area contributed by atoms with E-state index < -0.39 is 5.72 Å². The van der Waals surface area contributed by atoms with Gasteiger partial charge in [-0.05, 0) is 37.8 Å². The second kappa shape index (κ2) is 3.96. The van der Waals surface area contributed by atoms with E-state index >= 15 is 0 Å². The van der Waals surface area contributed by atoms with E-state index in [0.29, 0.717) is 0 Å². The summed E-state index contributed by atoms with van der Waals surface area (Å²) in [6.45, 7) is 0. The van der Waals surface area contributed by atoms with Crippen LogP contribution in [0, 0.1) is 0 Å². The van der Waals surface area contributed by atoms with Crippen LogP contribution in [0.2, 0.25) is 0 Å². The Morgan fingerprint density at radius 2 is 2.00 bits per heavy atom. The van der Waals surface area contributed by atoms with E-state index in [1.54, 1.807) is 6.20 Å². The zero-order valence-corrected chi connectivity index (χ0v) is 8.24. The predicted molar refractivity (Wildman–Crippen MR) is 55.9 cm³/mol. The van der Waals surface area contributed by atoms with Gasteiger partial charge in [-0.15, -0.1) is 0 Å². The van der Waals surface area contributed by atoms with Gasteiger partial charge in [0.05, 0.1) is 0 Å². The van der Waals surface area contributed by atoms with Crippen LogP contribution in [-0.4, -0.2) is 15.8 Å². The van der Waals surface area contributed by atoms with E-state index in [-0.39, 0.29) is 0 Å². The summed E-state index contributed by atoms with van der Waals surface area (Å²) in [7, 11) is 0. The molecule has 1 saturated carbocycles. The maximum Gasteiger partial charge on any atom is 0.136 e. The van der Waals surface area contributed by atoms with Gasteiger partial charge in [-0.1, -0.05) is 12.5 Å². The van der Waals surface area contributed by atoms with Gasteiger partial charge in [-0.3, -0.25) is 0 Å². The number of hydrogen-bond donors (Lipinski definition) is 2. The number of rotatable bonds is 2. The summed E-state index contributed by atoms with van der Waals surface area (Å²) in [4.78, 5) is 4.15. The molecule has 2 rings (SSSR count). The van der Waals surface area contributed by atoms with E-state index in [1.807, 2.05) is 18.2 Å². The number of pyridine rings is 1. The molecule has 1 aromatic rings. The van der Waals surface area contributed by atoms with Gasteiger partial charge in [0.1, 0.15) is 11.5 Å². The Labute approximate surface area is 84.2 Å². The lowest BCUT2D eigenvalue weighted by Crippen LogP contribution is -2.40. The lowest BCUT2D eigenvalue weighted by Gasteiger charge is -2.33. The van der Waals surface area contributed by atoms with Gasteiger partial charge in [0, 0.05) is 6.20 Å². The average molecular weight is 192 g/mol. The van der Waals surface area contributed by atoms with Crippen molar-refractivity contribution in [1.29, 1.82) is 0 Å². The summed E-state index contributed by atoms with van der Waals surface area (Å²) in [5.41, 5.74) is -0.730. The Kier molecular flexibility index (Phi) is 2.68. The molecule has 2 N–H and O–H groups in total. The molecule has 3 nitrogen and oxygen atoms in total. The maximum atomic E-state index is 10.2. The van der Waals surface area contributed by atoms with Gasteiger partial charge in [-0.25, -0.2) is 4.98 Å². The average Bonchev–Trinajstić information content (AvgIpc) is 2.19. The van der Waals surface area contributed by atoms with E-state index in [0.717, 1.165) is 31.5 Å². The van der Waals surface area contributed by atoms with Crippen molar-refractivity contribution in [3.05, 3.63) is 24.4 Å². The van der Waals surface area contributed by atoms with Crippen LogP contribution in [0.25, 0.3) is 0 Å². The number of nitrogens with one attached hydrogen (secondary N) is 1. The molecule has 76 valence electrons. The molecule has 0 saturated heterocycles. The largest absolute Gasteiger partial charge is 0.371 e. The molecule has 1 fully saturated rings. The monoisotopic (exact) mass is 192 g/mol. The second-order valence-electron chi connectivity index (χ2n) is 3.93. The molecule has 0 atom stereocenters. The van der Waals surface area contributed by atoms with Crippen LogP contribution in [0.15, 0.2) is 24.4 Å². The predicted octanol–water partition coefficient (Wildman–Crippen LogP) is 2.15. The van der Waals surface area contributed by atoms with Crippen molar-refractivity contribution in [3.8, 4) is 0 Å². The first kappa shape index (κ1) is 9.46. The number of nitrogens with zero attached hydrogens (tertiary/aromatic N) is 1. The molecule has 1 aliphatic rings. The van der Waals surface area contributed by atoms with Crippen LogP contribution < -0.4 is 5.32 Å². The van der Waals surface area contributed by atoms with Gasteiger partial charge >= 0.3 is 0 Å². The lowest BCUT2D eigenvalue weighted by atomic mass is 9.92. The zero-order chi connectivity index (χ0) is 9.86. The summed E-state index contributed by atoms with van der Waals surface area (Å²) in [5.74, 6) is 0.761. The topological polar surface area (TPSA) is 45.1 Å². The molecule has 0 aromatic carbocycles. The molecule has 0 aliphatic heterocycles. The molecule has 1 aromatic heterocycles. The van der Waals surface area contributed by atoms with Gasteiger partial charge < -0.3 is 10.4 Å². The van der Waals surface area contributed by atoms with Crippen molar-refractivity contribution in [2.45, 2.75) is 37.8 Å². The zero-order valence-electron chi connectivity index (χ0n) is 8.24. The minimum Gasteiger partial charge on any atom is -0.371 e. The molecule has 14 heavy (non-hydrogen) atoms. The highest BCUT2D eigenvalue weighted by molar-refractivity contribution is 5.35. The summed E-state index contributed by atoms with van der Waals surface area (Å²) >= 11 is 0. The fourth-order valence-electron chi connectivity index (χ4n) is 1.94. The molecule has 0 amide bonds. The summed E-state index contributed by atoms with van der Waals surface area (Å²) in [5, 5.41) is 13.3. The normalized spacial score (nSPS) is 20.4. The van der Waals surface area contributed by atoms with Crippen molar-refractivity contribution in [2.24, 2.45) is 0 Å². The first-order valence-corrected chi connectivity index (χ1v) is 5.20.